The SMILES string of the molecule is Cl.Cl.c1cc2c3c(ccc(CCCCN4CCOCC4)c3c1)-c1cc(CCCCN3CCOCC3)ccc1-2. The number of ether oxygens (including phenoxy) is 2. The maximum Gasteiger partial charge on any atom is 0.0594 e. The van der Waals surface area contributed by atoms with Crippen molar-refractivity contribution < 1.29 is 9.47 Å². The second kappa shape index (κ2) is 14.1. The van der Waals surface area contributed by atoms with E-state index in [1.807, 2.05) is 0 Å². The Morgan fingerprint density at radius 3 is 1.87 bits per heavy atom. The summed E-state index contributed by atoms with van der Waals surface area (Å²) in [6, 6.07) is 18.9. The van der Waals surface area contributed by atoms with E-state index in [-0.39, 0.29) is 24.8 Å². The number of morpholine rings is 2. The third kappa shape index (κ3) is 6.55. The van der Waals surface area contributed by atoms with Crippen LogP contribution in [0.15, 0.2) is 48.5 Å². The maximum atomic E-state index is 5.49. The molecule has 1 aliphatic carbocycles. The number of rotatable bonds is 10. The van der Waals surface area contributed by atoms with Gasteiger partial charge in [0.25, 0.3) is 0 Å². The molecular formula is C32H42Cl2N2O2. The highest BCUT2D eigenvalue weighted by molar-refractivity contribution is 6.16. The molecule has 0 atom stereocenters. The van der Waals surface area contributed by atoms with Gasteiger partial charge in [-0.2, -0.15) is 0 Å². The summed E-state index contributed by atoms with van der Waals surface area (Å²) in [5, 5.41) is 2.93. The average molecular weight is 558 g/mol. The molecule has 0 N–H and O–H groups in total. The van der Waals surface area contributed by atoms with Crippen molar-refractivity contribution in [1.82, 2.24) is 9.80 Å². The average Bonchev–Trinajstić information content (AvgIpc) is 3.26. The summed E-state index contributed by atoms with van der Waals surface area (Å²) in [6.45, 7) is 10.4. The number of halogens is 2. The fourth-order valence-electron chi connectivity index (χ4n) is 6.30. The fraction of sp³-hybridized carbons (Fsp3) is 0.500. The Bertz CT molecular complexity index is 1190. The molecule has 38 heavy (non-hydrogen) atoms. The molecule has 2 aliphatic heterocycles. The lowest BCUT2D eigenvalue weighted by Gasteiger charge is -2.26. The molecule has 2 heterocycles. The van der Waals surface area contributed by atoms with E-state index in [4.69, 9.17) is 9.47 Å². The van der Waals surface area contributed by atoms with Gasteiger partial charge >= 0.3 is 0 Å². The smallest absolute Gasteiger partial charge is 0.0594 e. The first-order valence-electron chi connectivity index (χ1n) is 14.2. The Kier molecular flexibility index (Phi) is 10.9. The second-order valence-electron chi connectivity index (χ2n) is 10.7. The van der Waals surface area contributed by atoms with E-state index in [0.29, 0.717) is 0 Å². The normalized spacial score (nSPS) is 17.2. The molecule has 0 saturated carbocycles. The summed E-state index contributed by atoms with van der Waals surface area (Å²) in [5.74, 6) is 0. The van der Waals surface area contributed by atoms with Crippen LogP contribution in [0, 0.1) is 0 Å². The topological polar surface area (TPSA) is 24.9 Å². The van der Waals surface area contributed by atoms with E-state index >= 15 is 0 Å². The molecule has 3 aromatic rings. The molecule has 3 aliphatic rings. The van der Waals surface area contributed by atoms with Crippen LogP contribution in [0.1, 0.15) is 36.8 Å². The molecule has 6 heteroatoms. The number of hydrogen-bond donors (Lipinski definition) is 0. The van der Waals surface area contributed by atoms with Gasteiger partial charge in [-0.05, 0) is 95.8 Å². The number of unbranched alkanes of at least 4 members (excludes halogenated alkanes) is 2. The molecule has 4 nitrogen and oxygen atoms in total. The van der Waals surface area contributed by atoms with Gasteiger partial charge in [-0.1, -0.05) is 48.5 Å². The van der Waals surface area contributed by atoms with E-state index in [1.165, 1.54) is 89.3 Å². The van der Waals surface area contributed by atoms with Crippen LogP contribution in [-0.4, -0.2) is 75.5 Å². The highest BCUT2D eigenvalue weighted by Crippen LogP contribution is 2.48. The molecule has 0 aromatic heterocycles. The molecular weight excluding hydrogens is 515 g/mol. The lowest BCUT2D eigenvalue weighted by atomic mass is 9.95. The Morgan fingerprint density at radius 1 is 0.579 bits per heavy atom. The molecule has 0 radical (unpaired) electrons. The fourth-order valence-corrected chi connectivity index (χ4v) is 6.30. The standard InChI is InChI=1S/C32H40N2O2.2ClH/c1(3-14-33-16-20-35-21-17-33)6-25-10-12-28-29-9-5-8-27-26(11-13-30(32(27)29)31(28)24-25)7-2-4-15-34-18-22-36-23-19-34;;/h5,8-13,24H,1-4,6-7,14-23H2;2*1H. The van der Waals surface area contributed by atoms with Crippen molar-refractivity contribution in [2.45, 2.75) is 38.5 Å². The van der Waals surface area contributed by atoms with Crippen LogP contribution in [0.25, 0.3) is 33.0 Å². The van der Waals surface area contributed by atoms with Crippen molar-refractivity contribution in [2.75, 3.05) is 65.7 Å². The largest absolute Gasteiger partial charge is 0.379 e. The first kappa shape index (κ1) is 29.3. The van der Waals surface area contributed by atoms with Gasteiger partial charge in [0, 0.05) is 26.2 Å². The predicted octanol–water partition coefficient (Wildman–Crippen LogP) is 6.64. The van der Waals surface area contributed by atoms with E-state index in [9.17, 15) is 0 Å². The van der Waals surface area contributed by atoms with Crippen molar-refractivity contribution in [1.29, 1.82) is 0 Å². The molecule has 0 bridgehead atoms. The predicted molar refractivity (Wildman–Crippen MR) is 163 cm³/mol. The van der Waals surface area contributed by atoms with Crippen LogP contribution in [0.4, 0.5) is 0 Å². The summed E-state index contributed by atoms with van der Waals surface area (Å²) in [7, 11) is 0. The minimum atomic E-state index is 0. The maximum absolute atomic E-state index is 5.49. The summed E-state index contributed by atoms with van der Waals surface area (Å²) in [5.41, 5.74) is 8.69. The van der Waals surface area contributed by atoms with E-state index in [2.05, 4.69) is 58.3 Å². The first-order valence-corrected chi connectivity index (χ1v) is 14.2. The number of benzene rings is 3. The van der Waals surface area contributed by atoms with Gasteiger partial charge in [0.2, 0.25) is 0 Å². The zero-order valence-corrected chi connectivity index (χ0v) is 24.1. The zero-order valence-electron chi connectivity index (χ0n) is 22.5. The monoisotopic (exact) mass is 556 g/mol. The van der Waals surface area contributed by atoms with Crippen molar-refractivity contribution in [3.05, 3.63) is 59.7 Å². The van der Waals surface area contributed by atoms with Crippen LogP contribution < -0.4 is 0 Å². The quantitative estimate of drug-likeness (QED) is 0.204. The van der Waals surface area contributed by atoms with Gasteiger partial charge in [0.15, 0.2) is 0 Å². The number of hydrogen-bond acceptors (Lipinski definition) is 4. The molecule has 2 fully saturated rings. The molecule has 206 valence electrons. The molecule has 3 aromatic carbocycles. The first-order chi connectivity index (χ1) is 17.9. The van der Waals surface area contributed by atoms with Crippen molar-refractivity contribution in [3.63, 3.8) is 0 Å². The van der Waals surface area contributed by atoms with Crippen molar-refractivity contribution in [2.24, 2.45) is 0 Å². The van der Waals surface area contributed by atoms with Crippen LogP contribution >= 0.6 is 24.8 Å². The summed E-state index contributed by atoms with van der Waals surface area (Å²) >= 11 is 0. The second-order valence-corrected chi connectivity index (χ2v) is 10.7. The van der Waals surface area contributed by atoms with E-state index in [1.54, 1.807) is 0 Å². The minimum Gasteiger partial charge on any atom is -0.379 e. The lowest BCUT2D eigenvalue weighted by Crippen LogP contribution is -2.36. The van der Waals surface area contributed by atoms with Crippen LogP contribution in [0.5, 0.6) is 0 Å². The van der Waals surface area contributed by atoms with E-state index in [0.717, 1.165) is 59.0 Å². The molecule has 2 saturated heterocycles. The summed E-state index contributed by atoms with van der Waals surface area (Å²) in [6.07, 6.45) is 7.35. The summed E-state index contributed by atoms with van der Waals surface area (Å²) < 4.78 is 11.0. The molecule has 6 rings (SSSR count). The third-order valence-corrected chi connectivity index (χ3v) is 8.36. The van der Waals surface area contributed by atoms with Gasteiger partial charge in [-0.3, -0.25) is 9.80 Å². The van der Waals surface area contributed by atoms with E-state index < -0.39 is 0 Å². The number of aryl methyl sites for hydroxylation is 2. The minimum absolute atomic E-state index is 0. The van der Waals surface area contributed by atoms with Crippen LogP contribution in [0.2, 0.25) is 0 Å². The molecule has 0 amide bonds. The zero-order chi connectivity index (χ0) is 24.2. The Morgan fingerprint density at radius 2 is 1.18 bits per heavy atom. The highest BCUT2D eigenvalue weighted by atomic mass is 35.5. The summed E-state index contributed by atoms with van der Waals surface area (Å²) in [4.78, 5) is 5.09. The van der Waals surface area contributed by atoms with Gasteiger partial charge in [-0.15, -0.1) is 24.8 Å². The Hall–Kier alpha value is -1.66. The van der Waals surface area contributed by atoms with Crippen molar-refractivity contribution in [3.8, 4) is 22.3 Å². The lowest BCUT2D eigenvalue weighted by molar-refractivity contribution is 0.0371. The molecule has 0 spiro atoms. The molecule has 0 unspecified atom stereocenters. The van der Waals surface area contributed by atoms with Crippen LogP contribution in [-0.2, 0) is 22.3 Å². The van der Waals surface area contributed by atoms with Crippen LogP contribution in [0.3, 0.4) is 0 Å². The van der Waals surface area contributed by atoms with Gasteiger partial charge in [0.05, 0.1) is 26.4 Å². The van der Waals surface area contributed by atoms with Gasteiger partial charge in [0.1, 0.15) is 0 Å². The Labute approximate surface area is 240 Å². The number of nitrogens with zero attached hydrogens (tertiary/aromatic N) is 2. The highest BCUT2D eigenvalue weighted by Gasteiger charge is 2.22. The number of fused-ring (bicyclic) bond motifs is 3. The van der Waals surface area contributed by atoms with Crippen molar-refractivity contribution >= 4 is 35.6 Å². The third-order valence-electron chi connectivity index (χ3n) is 8.36. The van der Waals surface area contributed by atoms with Gasteiger partial charge < -0.3 is 9.47 Å². The van der Waals surface area contributed by atoms with Gasteiger partial charge in [-0.25, -0.2) is 0 Å². The Balaban J connectivity index is 0.00000168.